The van der Waals surface area contributed by atoms with Crippen LogP contribution in [0.3, 0.4) is 0 Å². The molecule has 0 fully saturated rings. The van der Waals surface area contributed by atoms with Gasteiger partial charge in [0, 0.05) is 24.1 Å². The number of hydrogen-bond acceptors (Lipinski definition) is 3. The SMILES string of the molecule is Cc1ccc(N/C=C(/C#N)C(=O)N2CCCc3ccccc32)c(C)c1. The van der Waals surface area contributed by atoms with Crippen molar-refractivity contribution in [3.05, 3.63) is 70.9 Å². The van der Waals surface area contributed by atoms with Gasteiger partial charge in [0.2, 0.25) is 0 Å². The molecule has 0 aromatic heterocycles. The van der Waals surface area contributed by atoms with E-state index in [0.29, 0.717) is 6.54 Å². The van der Waals surface area contributed by atoms with E-state index in [2.05, 4.69) is 11.4 Å². The van der Waals surface area contributed by atoms with Crippen LogP contribution in [0.2, 0.25) is 0 Å². The molecule has 1 aliphatic rings. The highest BCUT2D eigenvalue weighted by atomic mass is 16.2. The number of amides is 1. The number of hydrogen-bond donors (Lipinski definition) is 1. The number of aryl methyl sites for hydroxylation is 3. The minimum atomic E-state index is -0.257. The Morgan fingerprint density at radius 3 is 2.80 bits per heavy atom. The number of fused-ring (bicyclic) bond motifs is 1. The number of benzene rings is 2. The summed E-state index contributed by atoms with van der Waals surface area (Å²) >= 11 is 0. The number of nitriles is 1. The van der Waals surface area contributed by atoms with E-state index in [4.69, 9.17) is 0 Å². The van der Waals surface area contributed by atoms with Crippen molar-refractivity contribution in [1.29, 1.82) is 5.26 Å². The van der Waals surface area contributed by atoms with Crippen LogP contribution in [-0.2, 0) is 11.2 Å². The maximum Gasteiger partial charge on any atom is 0.270 e. The van der Waals surface area contributed by atoms with Crippen LogP contribution in [0, 0.1) is 25.2 Å². The van der Waals surface area contributed by atoms with Crippen molar-refractivity contribution < 1.29 is 4.79 Å². The molecule has 0 bridgehead atoms. The molecule has 4 nitrogen and oxygen atoms in total. The Balaban J connectivity index is 1.84. The first-order valence-corrected chi connectivity index (χ1v) is 8.44. The molecule has 3 rings (SSSR count). The molecule has 0 saturated heterocycles. The second-order valence-corrected chi connectivity index (χ2v) is 6.32. The standard InChI is InChI=1S/C21H21N3O/c1-15-9-10-19(16(2)12-15)23-14-18(13-22)21(25)24-11-5-7-17-6-3-4-8-20(17)24/h3-4,6,8-10,12,14,23H,5,7,11H2,1-2H3/b18-14-. The molecule has 0 spiro atoms. The maximum absolute atomic E-state index is 12.8. The van der Waals surface area contributed by atoms with Gasteiger partial charge in [-0.1, -0.05) is 35.9 Å². The van der Waals surface area contributed by atoms with Gasteiger partial charge < -0.3 is 10.2 Å². The Labute approximate surface area is 148 Å². The van der Waals surface area contributed by atoms with Crippen LogP contribution >= 0.6 is 0 Å². The normalized spacial score (nSPS) is 13.8. The lowest BCUT2D eigenvalue weighted by Crippen LogP contribution is -2.36. The number of rotatable bonds is 3. The highest BCUT2D eigenvalue weighted by Gasteiger charge is 2.24. The van der Waals surface area contributed by atoms with Crippen LogP contribution in [0.4, 0.5) is 11.4 Å². The van der Waals surface area contributed by atoms with E-state index in [-0.39, 0.29) is 11.5 Å². The summed E-state index contributed by atoms with van der Waals surface area (Å²) in [7, 11) is 0. The Bertz CT molecular complexity index is 877. The molecular weight excluding hydrogens is 310 g/mol. The van der Waals surface area contributed by atoms with Crippen LogP contribution in [0.25, 0.3) is 0 Å². The number of carbonyl (C=O) groups excluding carboxylic acids is 1. The smallest absolute Gasteiger partial charge is 0.270 e. The van der Waals surface area contributed by atoms with Crippen molar-refractivity contribution in [2.45, 2.75) is 26.7 Å². The molecule has 2 aromatic rings. The zero-order valence-electron chi connectivity index (χ0n) is 14.5. The Morgan fingerprint density at radius 1 is 1.24 bits per heavy atom. The van der Waals surface area contributed by atoms with Crippen molar-refractivity contribution >= 4 is 17.3 Å². The molecule has 0 aliphatic carbocycles. The summed E-state index contributed by atoms with van der Waals surface area (Å²) in [6.07, 6.45) is 3.38. The fraction of sp³-hybridized carbons (Fsp3) is 0.238. The number of nitrogens with zero attached hydrogens (tertiary/aromatic N) is 2. The number of para-hydroxylation sites is 1. The Kier molecular flexibility index (Phi) is 4.85. The van der Waals surface area contributed by atoms with Gasteiger partial charge in [-0.2, -0.15) is 5.26 Å². The van der Waals surface area contributed by atoms with Gasteiger partial charge in [-0.3, -0.25) is 4.79 Å². The maximum atomic E-state index is 12.8. The first-order valence-electron chi connectivity index (χ1n) is 8.44. The average Bonchev–Trinajstić information content (AvgIpc) is 2.63. The summed E-state index contributed by atoms with van der Waals surface area (Å²) in [5.41, 5.74) is 5.31. The second kappa shape index (κ2) is 7.23. The topological polar surface area (TPSA) is 56.1 Å². The Hall–Kier alpha value is -3.06. The van der Waals surface area contributed by atoms with Crippen LogP contribution in [-0.4, -0.2) is 12.5 Å². The summed E-state index contributed by atoms with van der Waals surface area (Å²) in [6, 6.07) is 15.9. The minimum absolute atomic E-state index is 0.108. The van der Waals surface area contributed by atoms with Gasteiger partial charge in [-0.25, -0.2) is 0 Å². The molecule has 126 valence electrons. The van der Waals surface area contributed by atoms with Crippen LogP contribution in [0.1, 0.15) is 23.1 Å². The summed E-state index contributed by atoms with van der Waals surface area (Å²) in [6.45, 7) is 4.67. The summed E-state index contributed by atoms with van der Waals surface area (Å²) < 4.78 is 0. The molecule has 1 aliphatic heterocycles. The molecule has 1 heterocycles. The Morgan fingerprint density at radius 2 is 2.04 bits per heavy atom. The van der Waals surface area contributed by atoms with Crippen LogP contribution < -0.4 is 10.2 Å². The molecule has 1 amide bonds. The highest BCUT2D eigenvalue weighted by molar-refractivity contribution is 6.09. The van der Waals surface area contributed by atoms with Gasteiger partial charge in [0.25, 0.3) is 5.91 Å². The molecule has 2 aromatic carbocycles. The molecule has 0 atom stereocenters. The minimum Gasteiger partial charge on any atom is -0.360 e. The number of nitrogens with one attached hydrogen (secondary N) is 1. The monoisotopic (exact) mass is 331 g/mol. The summed E-state index contributed by atoms with van der Waals surface area (Å²) in [4.78, 5) is 14.6. The third-order valence-corrected chi connectivity index (χ3v) is 4.46. The molecule has 0 saturated carbocycles. The fourth-order valence-corrected chi connectivity index (χ4v) is 3.16. The van der Waals surface area contributed by atoms with Crippen molar-refractivity contribution in [1.82, 2.24) is 0 Å². The summed E-state index contributed by atoms with van der Waals surface area (Å²) in [5, 5.41) is 12.6. The molecule has 4 heteroatoms. The van der Waals surface area contributed by atoms with Crippen molar-refractivity contribution in [3.63, 3.8) is 0 Å². The predicted octanol–water partition coefficient (Wildman–Crippen LogP) is 4.10. The largest absolute Gasteiger partial charge is 0.360 e. The highest BCUT2D eigenvalue weighted by Crippen LogP contribution is 2.28. The quantitative estimate of drug-likeness (QED) is 0.680. The van der Waals surface area contributed by atoms with Crippen LogP contribution in [0.5, 0.6) is 0 Å². The first-order chi connectivity index (χ1) is 12.1. The van der Waals surface area contributed by atoms with E-state index in [1.807, 2.05) is 56.3 Å². The lowest BCUT2D eigenvalue weighted by atomic mass is 10.0. The summed E-state index contributed by atoms with van der Waals surface area (Å²) in [5.74, 6) is -0.257. The van der Waals surface area contributed by atoms with Gasteiger partial charge in [0.1, 0.15) is 11.6 Å². The molecule has 0 radical (unpaired) electrons. The molecular formula is C21H21N3O. The average molecular weight is 331 g/mol. The third kappa shape index (κ3) is 3.56. The van der Waals surface area contributed by atoms with E-state index in [0.717, 1.165) is 35.3 Å². The first kappa shape index (κ1) is 16.8. The van der Waals surface area contributed by atoms with Crippen molar-refractivity contribution in [2.24, 2.45) is 0 Å². The van der Waals surface area contributed by atoms with E-state index in [9.17, 15) is 10.1 Å². The fourth-order valence-electron chi connectivity index (χ4n) is 3.16. The van der Waals surface area contributed by atoms with Crippen LogP contribution in [0.15, 0.2) is 54.2 Å². The molecule has 25 heavy (non-hydrogen) atoms. The number of anilines is 2. The van der Waals surface area contributed by atoms with Gasteiger partial charge in [0.15, 0.2) is 0 Å². The van der Waals surface area contributed by atoms with Crippen molar-refractivity contribution in [3.8, 4) is 6.07 Å². The van der Waals surface area contributed by atoms with E-state index in [1.54, 1.807) is 4.90 Å². The van der Waals surface area contributed by atoms with Gasteiger partial charge in [-0.15, -0.1) is 0 Å². The van der Waals surface area contributed by atoms with E-state index < -0.39 is 0 Å². The lowest BCUT2D eigenvalue weighted by Gasteiger charge is -2.29. The third-order valence-electron chi connectivity index (χ3n) is 4.46. The van der Waals surface area contributed by atoms with Crippen molar-refractivity contribution in [2.75, 3.05) is 16.8 Å². The molecule has 1 N–H and O–H groups in total. The van der Waals surface area contributed by atoms with E-state index >= 15 is 0 Å². The molecule has 0 unspecified atom stereocenters. The number of carbonyl (C=O) groups is 1. The van der Waals surface area contributed by atoms with E-state index in [1.165, 1.54) is 11.8 Å². The second-order valence-electron chi connectivity index (χ2n) is 6.32. The predicted molar refractivity (Wildman–Crippen MR) is 100 cm³/mol. The van der Waals surface area contributed by atoms with Gasteiger partial charge in [0.05, 0.1) is 0 Å². The van der Waals surface area contributed by atoms with Gasteiger partial charge in [-0.05, 0) is 49.9 Å². The van der Waals surface area contributed by atoms with Gasteiger partial charge >= 0.3 is 0 Å². The lowest BCUT2D eigenvalue weighted by molar-refractivity contribution is -0.114. The zero-order valence-corrected chi connectivity index (χ0v) is 14.5. The zero-order chi connectivity index (χ0) is 17.8.